The van der Waals surface area contributed by atoms with Crippen molar-refractivity contribution in [2.24, 2.45) is 0 Å². The van der Waals surface area contributed by atoms with Crippen molar-refractivity contribution in [2.75, 3.05) is 13.3 Å². The monoisotopic (exact) mass is 148 g/mol. The van der Waals surface area contributed by atoms with Crippen molar-refractivity contribution in [3.05, 3.63) is 10.4 Å². The zero-order valence-corrected chi connectivity index (χ0v) is 6.47. The summed E-state index contributed by atoms with van der Waals surface area (Å²) in [5.74, 6) is 0. The summed E-state index contributed by atoms with van der Waals surface area (Å²) in [6.45, 7) is 0. The molecule has 0 aromatic carbocycles. The van der Waals surface area contributed by atoms with Crippen molar-refractivity contribution in [1.82, 2.24) is 9.84 Å². The van der Waals surface area contributed by atoms with Gasteiger partial charge >= 0.3 is 0 Å². The molecule has 0 saturated carbocycles. The molecule has 8 heavy (non-hydrogen) atoms. The van der Waals surface area contributed by atoms with Gasteiger partial charge in [0.05, 0.1) is 4.24 Å². The SMILES string of the molecule is CSC1=CNN(C)S1. The molecule has 46 valence electrons. The molecule has 0 aliphatic carbocycles. The highest BCUT2D eigenvalue weighted by atomic mass is 32.2. The maximum atomic E-state index is 3.03. The van der Waals surface area contributed by atoms with Gasteiger partial charge in [-0.1, -0.05) is 0 Å². The number of thioether (sulfide) groups is 1. The highest BCUT2D eigenvalue weighted by molar-refractivity contribution is 8.21. The van der Waals surface area contributed by atoms with Gasteiger partial charge in [0.25, 0.3) is 0 Å². The molecule has 1 N–H and O–H groups in total. The van der Waals surface area contributed by atoms with E-state index < -0.39 is 0 Å². The minimum Gasteiger partial charge on any atom is -0.315 e. The summed E-state index contributed by atoms with van der Waals surface area (Å²) in [4.78, 5) is 0. The summed E-state index contributed by atoms with van der Waals surface area (Å²) in [5.41, 5.74) is 3.03. The minimum absolute atomic E-state index is 1.31. The fourth-order valence-electron chi connectivity index (χ4n) is 0.427. The molecule has 0 unspecified atom stereocenters. The Labute approximate surface area is 57.8 Å². The van der Waals surface area contributed by atoms with Gasteiger partial charge in [-0.3, -0.25) is 0 Å². The van der Waals surface area contributed by atoms with Gasteiger partial charge < -0.3 is 5.43 Å². The van der Waals surface area contributed by atoms with Crippen LogP contribution in [0, 0.1) is 0 Å². The van der Waals surface area contributed by atoms with E-state index in [0.717, 1.165) is 0 Å². The molecule has 1 aliphatic rings. The normalized spacial score (nSPS) is 20.5. The van der Waals surface area contributed by atoms with Crippen molar-refractivity contribution >= 4 is 23.7 Å². The van der Waals surface area contributed by atoms with E-state index in [0.29, 0.717) is 0 Å². The molecular formula is C4H8N2S2. The predicted octanol–water partition coefficient (Wildman–Crippen LogP) is 1.25. The first-order valence-corrected chi connectivity index (χ1v) is 4.25. The van der Waals surface area contributed by atoms with Crippen LogP contribution in [0.25, 0.3) is 0 Å². The number of hydrazine groups is 1. The first kappa shape index (κ1) is 6.32. The van der Waals surface area contributed by atoms with Crippen LogP contribution in [0.15, 0.2) is 10.4 Å². The lowest BCUT2D eigenvalue weighted by Crippen LogP contribution is -2.16. The number of rotatable bonds is 1. The molecule has 0 bridgehead atoms. The molecule has 0 saturated heterocycles. The Morgan fingerprint density at radius 2 is 2.62 bits per heavy atom. The Bertz CT molecular complexity index is 113. The van der Waals surface area contributed by atoms with Crippen LogP contribution < -0.4 is 5.43 Å². The quantitative estimate of drug-likeness (QED) is 0.563. The van der Waals surface area contributed by atoms with Gasteiger partial charge in [-0.2, -0.15) is 4.41 Å². The lowest BCUT2D eigenvalue weighted by Gasteiger charge is -2.04. The van der Waals surface area contributed by atoms with Crippen LogP contribution in [0.1, 0.15) is 0 Å². The van der Waals surface area contributed by atoms with E-state index in [1.165, 1.54) is 4.24 Å². The van der Waals surface area contributed by atoms with Crippen molar-refractivity contribution in [3.8, 4) is 0 Å². The highest BCUT2D eigenvalue weighted by Gasteiger charge is 2.07. The Morgan fingerprint density at radius 3 is 2.88 bits per heavy atom. The molecule has 0 atom stereocenters. The van der Waals surface area contributed by atoms with Crippen LogP contribution in [0.5, 0.6) is 0 Å². The van der Waals surface area contributed by atoms with Crippen LogP contribution in [0.2, 0.25) is 0 Å². The molecule has 1 aliphatic heterocycles. The second-order valence-corrected chi connectivity index (χ2v) is 3.66. The fourth-order valence-corrected chi connectivity index (χ4v) is 1.71. The Kier molecular flexibility index (Phi) is 2.10. The topological polar surface area (TPSA) is 15.3 Å². The number of hydrogen-bond donors (Lipinski definition) is 1. The summed E-state index contributed by atoms with van der Waals surface area (Å²) in [5, 5.41) is 0. The van der Waals surface area contributed by atoms with Crippen molar-refractivity contribution in [2.45, 2.75) is 0 Å². The van der Waals surface area contributed by atoms with E-state index in [4.69, 9.17) is 0 Å². The summed E-state index contributed by atoms with van der Waals surface area (Å²) in [6.07, 6.45) is 4.06. The lowest BCUT2D eigenvalue weighted by molar-refractivity contribution is 0.505. The molecule has 0 radical (unpaired) electrons. The number of nitrogens with zero attached hydrogens (tertiary/aromatic N) is 1. The summed E-state index contributed by atoms with van der Waals surface area (Å²) < 4.78 is 3.28. The van der Waals surface area contributed by atoms with Gasteiger partial charge in [-0.25, -0.2) is 0 Å². The average molecular weight is 148 g/mol. The smallest absolute Gasteiger partial charge is 0.0744 e. The third kappa shape index (κ3) is 1.34. The molecule has 0 spiro atoms. The van der Waals surface area contributed by atoms with Crippen molar-refractivity contribution in [1.29, 1.82) is 0 Å². The van der Waals surface area contributed by atoms with E-state index in [2.05, 4.69) is 11.7 Å². The zero-order chi connectivity index (χ0) is 5.98. The van der Waals surface area contributed by atoms with E-state index in [-0.39, 0.29) is 0 Å². The molecular weight excluding hydrogens is 140 g/mol. The molecule has 1 heterocycles. The molecule has 0 fully saturated rings. The van der Waals surface area contributed by atoms with Crippen LogP contribution in [0.4, 0.5) is 0 Å². The summed E-state index contributed by atoms with van der Waals surface area (Å²) >= 11 is 3.47. The molecule has 0 aromatic rings. The second-order valence-electron chi connectivity index (χ2n) is 1.39. The predicted molar refractivity (Wildman–Crippen MR) is 40.1 cm³/mol. The third-order valence-electron chi connectivity index (χ3n) is 0.792. The van der Waals surface area contributed by atoms with E-state index in [1.54, 1.807) is 23.7 Å². The molecule has 2 nitrogen and oxygen atoms in total. The van der Waals surface area contributed by atoms with E-state index in [1.807, 2.05) is 17.7 Å². The highest BCUT2D eigenvalue weighted by Crippen LogP contribution is 2.30. The van der Waals surface area contributed by atoms with Gasteiger partial charge in [-0.05, 0) is 18.2 Å². The van der Waals surface area contributed by atoms with Crippen molar-refractivity contribution < 1.29 is 0 Å². The summed E-state index contributed by atoms with van der Waals surface area (Å²) in [7, 11) is 1.99. The van der Waals surface area contributed by atoms with Gasteiger partial charge in [0, 0.05) is 13.2 Å². The zero-order valence-electron chi connectivity index (χ0n) is 4.84. The van der Waals surface area contributed by atoms with E-state index in [9.17, 15) is 0 Å². The van der Waals surface area contributed by atoms with Gasteiger partial charge in [0.2, 0.25) is 0 Å². The molecule has 4 heteroatoms. The van der Waals surface area contributed by atoms with Crippen molar-refractivity contribution in [3.63, 3.8) is 0 Å². The first-order valence-electron chi connectivity index (χ1n) is 2.25. The fraction of sp³-hybridized carbons (Fsp3) is 0.500. The Hall–Kier alpha value is 0.200. The largest absolute Gasteiger partial charge is 0.315 e. The standard InChI is InChI=1S/C4H8N2S2/c1-6-5-3-4(7-2)8-6/h3,5H,1-2H3. The molecule has 0 aromatic heterocycles. The minimum atomic E-state index is 1.31. The van der Waals surface area contributed by atoms with Crippen LogP contribution in [0.3, 0.4) is 0 Å². The maximum absolute atomic E-state index is 3.03. The maximum Gasteiger partial charge on any atom is 0.0744 e. The average Bonchev–Trinajstić information content (AvgIpc) is 2.14. The van der Waals surface area contributed by atoms with Gasteiger partial charge in [0.1, 0.15) is 0 Å². The Morgan fingerprint density at radius 1 is 1.88 bits per heavy atom. The van der Waals surface area contributed by atoms with Crippen LogP contribution in [-0.4, -0.2) is 17.7 Å². The van der Waals surface area contributed by atoms with Crippen LogP contribution >= 0.6 is 23.7 Å². The van der Waals surface area contributed by atoms with Gasteiger partial charge in [0.15, 0.2) is 0 Å². The second kappa shape index (κ2) is 2.66. The lowest BCUT2D eigenvalue weighted by atomic mass is 11.0. The Balaban J connectivity index is 2.37. The summed E-state index contributed by atoms with van der Waals surface area (Å²) in [6, 6.07) is 0. The van der Waals surface area contributed by atoms with Crippen LogP contribution in [-0.2, 0) is 0 Å². The molecule has 1 rings (SSSR count). The number of hydrogen-bond acceptors (Lipinski definition) is 4. The number of nitrogens with one attached hydrogen (secondary N) is 1. The van der Waals surface area contributed by atoms with Gasteiger partial charge in [-0.15, -0.1) is 11.8 Å². The first-order chi connectivity index (χ1) is 3.83. The van der Waals surface area contributed by atoms with E-state index >= 15 is 0 Å². The third-order valence-corrected chi connectivity index (χ3v) is 2.71. The molecule has 0 amide bonds.